The maximum absolute atomic E-state index is 4.28. The highest BCUT2D eigenvalue weighted by Gasteiger charge is 2.45. The highest BCUT2D eigenvalue weighted by Crippen LogP contribution is 2.29. The van der Waals surface area contributed by atoms with Crippen LogP contribution in [0.3, 0.4) is 0 Å². The molecule has 2 aromatic carbocycles. The van der Waals surface area contributed by atoms with Gasteiger partial charge in [0.25, 0.3) is 0 Å². The van der Waals surface area contributed by atoms with Gasteiger partial charge in [-0.25, -0.2) is 0 Å². The molecular formula is C23H27NSi. The van der Waals surface area contributed by atoms with Crippen molar-refractivity contribution in [3.05, 3.63) is 85.0 Å². The number of hydrogen-bond acceptors (Lipinski definition) is 1. The number of hydrogen-bond donors (Lipinski definition) is 1. The molecule has 0 aromatic heterocycles. The minimum Gasteiger partial charge on any atom is -0.327 e. The first kappa shape index (κ1) is 16.6. The van der Waals surface area contributed by atoms with E-state index < -0.39 is 8.24 Å². The average molecular weight is 346 g/mol. The van der Waals surface area contributed by atoms with E-state index >= 15 is 0 Å². The smallest absolute Gasteiger partial charge is 0.200 e. The third-order valence-corrected chi connectivity index (χ3v) is 10.5. The van der Waals surface area contributed by atoms with Gasteiger partial charge in [-0.1, -0.05) is 104 Å². The summed E-state index contributed by atoms with van der Waals surface area (Å²) in [6.07, 6.45) is 16.0. The molecule has 2 heteroatoms. The highest BCUT2D eigenvalue weighted by molar-refractivity contribution is 7.02. The quantitative estimate of drug-likeness (QED) is 0.802. The second kappa shape index (κ2) is 7.55. The normalized spacial score (nSPS) is 18.7. The summed E-state index contributed by atoms with van der Waals surface area (Å²) in [5, 5.41) is 2.99. The van der Waals surface area contributed by atoms with Crippen molar-refractivity contribution in [3.8, 4) is 0 Å². The Morgan fingerprint density at radius 3 is 1.72 bits per heavy atom. The van der Waals surface area contributed by atoms with Crippen LogP contribution in [0.25, 0.3) is 0 Å². The lowest BCUT2D eigenvalue weighted by molar-refractivity contribution is 0.415. The molecule has 2 aromatic rings. The highest BCUT2D eigenvalue weighted by atomic mass is 28.3. The zero-order valence-corrected chi connectivity index (χ0v) is 15.8. The van der Waals surface area contributed by atoms with Crippen molar-refractivity contribution in [1.29, 1.82) is 0 Å². The van der Waals surface area contributed by atoms with Gasteiger partial charge in [0.1, 0.15) is 0 Å². The summed E-state index contributed by atoms with van der Waals surface area (Å²) in [6, 6.07) is 23.1. The summed E-state index contributed by atoms with van der Waals surface area (Å²) in [6.45, 7) is 0. The van der Waals surface area contributed by atoms with E-state index in [4.69, 9.17) is 0 Å². The third-order valence-electron chi connectivity index (χ3n) is 5.74. The van der Waals surface area contributed by atoms with Crippen molar-refractivity contribution in [2.24, 2.45) is 0 Å². The van der Waals surface area contributed by atoms with E-state index in [2.05, 4.69) is 90.0 Å². The molecule has 0 aliphatic heterocycles. The van der Waals surface area contributed by atoms with E-state index in [-0.39, 0.29) is 0 Å². The van der Waals surface area contributed by atoms with Gasteiger partial charge in [-0.3, -0.25) is 0 Å². The van der Waals surface area contributed by atoms with Crippen LogP contribution >= 0.6 is 0 Å². The molecule has 0 bridgehead atoms. The Labute approximate surface area is 152 Å². The van der Waals surface area contributed by atoms with Gasteiger partial charge in [0.2, 0.25) is 8.24 Å². The molecule has 1 nitrogen and oxygen atoms in total. The summed E-state index contributed by atoms with van der Waals surface area (Å²) >= 11 is 0. The van der Waals surface area contributed by atoms with Gasteiger partial charge in [-0.05, 0) is 23.2 Å². The van der Waals surface area contributed by atoms with E-state index in [0.29, 0.717) is 11.6 Å². The first-order chi connectivity index (χ1) is 12.4. The molecule has 4 rings (SSSR count). The molecule has 1 fully saturated rings. The predicted molar refractivity (Wildman–Crippen MR) is 110 cm³/mol. The van der Waals surface area contributed by atoms with Gasteiger partial charge < -0.3 is 4.98 Å². The Kier molecular flexibility index (Phi) is 5.00. The fraction of sp³-hybridized carbons (Fsp3) is 0.304. The molecule has 0 unspecified atom stereocenters. The van der Waals surface area contributed by atoms with Gasteiger partial charge in [-0.2, -0.15) is 0 Å². The number of allylic oxidation sites excluding steroid dienone is 4. The van der Waals surface area contributed by atoms with E-state index in [9.17, 15) is 0 Å². The molecule has 0 saturated heterocycles. The maximum Gasteiger partial charge on any atom is 0.200 e. The second-order valence-electron chi connectivity index (χ2n) is 7.31. The summed E-state index contributed by atoms with van der Waals surface area (Å²) in [5.74, 6) is 0. The first-order valence-electron chi connectivity index (χ1n) is 9.63. The molecule has 1 saturated carbocycles. The maximum atomic E-state index is 4.28. The fourth-order valence-electron chi connectivity index (χ4n) is 4.51. The Hall–Kier alpha value is -1.90. The third kappa shape index (κ3) is 3.29. The summed E-state index contributed by atoms with van der Waals surface area (Å²) in [4.78, 5) is 4.28. The van der Waals surface area contributed by atoms with Crippen LogP contribution in [-0.4, -0.2) is 14.3 Å². The Morgan fingerprint density at radius 1 is 0.680 bits per heavy atom. The van der Waals surface area contributed by atoms with E-state index in [1.54, 1.807) is 0 Å². The monoisotopic (exact) mass is 345 g/mol. The molecule has 2 aliphatic carbocycles. The summed E-state index contributed by atoms with van der Waals surface area (Å²) in [5.41, 5.74) is 0.472. The number of nitrogens with one attached hydrogen (secondary N) is 1. The SMILES string of the molecule is C1=CC([Si](NC2CCCCC2)(c2ccccc2)c2ccccc2)C=C1. The molecule has 0 spiro atoms. The van der Waals surface area contributed by atoms with Gasteiger partial charge in [-0.15, -0.1) is 0 Å². The zero-order chi connectivity index (χ0) is 17.0. The fourth-order valence-corrected chi connectivity index (χ4v) is 9.30. The lowest BCUT2D eigenvalue weighted by atomic mass is 9.96. The van der Waals surface area contributed by atoms with Gasteiger partial charge in [0.15, 0.2) is 0 Å². The summed E-state index contributed by atoms with van der Waals surface area (Å²) < 4.78 is 0. The first-order valence-corrected chi connectivity index (χ1v) is 11.7. The topological polar surface area (TPSA) is 12.0 Å². The standard InChI is InChI=1S/C23H27NSi/c1-4-12-20(13-5-1)24-25(23-18-10-11-19-23,21-14-6-2-7-15-21)22-16-8-3-9-17-22/h2-3,6-11,14-20,23-24H,1,4-5,12-13H2. The lowest BCUT2D eigenvalue weighted by Gasteiger charge is -2.41. The number of rotatable bonds is 5. The molecule has 0 atom stereocenters. The van der Waals surface area contributed by atoms with Crippen LogP contribution < -0.4 is 15.4 Å². The Morgan fingerprint density at radius 2 is 1.20 bits per heavy atom. The van der Waals surface area contributed by atoms with Crippen LogP contribution in [0.2, 0.25) is 5.54 Å². The largest absolute Gasteiger partial charge is 0.327 e. The predicted octanol–water partition coefficient (Wildman–Crippen LogP) is 4.16. The molecule has 0 radical (unpaired) electrons. The van der Waals surface area contributed by atoms with Crippen molar-refractivity contribution < 1.29 is 0 Å². The molecular weight excluding hydrogens is 318 g/mol. The van der Waals surface area contributed by atoms with E-state index in [0.717, 1.165) is 0 Å². The molecule has 0 heterocycles. The second-order valence-corrected chi connectivity index (χ2v) is 11.0. The van der Waals surface area contributed by atoms with Crippen LogP contribution in [0, 0.1) is 0 Å². The van der Waals surface area contributed by atoms with Gasteiger partial charge in [0, 0.05) is 11.6 Å². The van der Waals surface area contributed by atoms with Crippen LogP contribution in [0.15, 0.2) is 85.0 Å². The van der Waals surface area contributed by atoms with E-state index in [1.165, 1.54) is 42.5 Å². The average Bonchev–Trinajstić information content (AvgIpc) is 3.23. The summed E-state index contributed by atoms with van der Waals surface area (Å²) in [7, 11) is -2.13. The zero-order valence-electron chi connectivity index (χ0n) is 14.8. The Balaban J connectivity index is 1.84. The van der Waals surface area contributed by atoms with E-state index in [1.807, 2.05) is 0 Å². The molecule has 128 valence electrons. The number of benzene rings is 2. The van der Waals surface area contributed by atoms with Gasteiger partial charge >= 0.3 is 0 Å². The van der Waals surface area contributed by atoms with Crippen molar-refractivity contribution in [3.63, 3.8) is 0 Å². The van der Waals surface area contributed by atoms with Gasteiger partial charge in [0.05, 0.1) is 0 Å². The molecule has 0 amide bonds. The lowest BCUT2D eigenvalue weighted by Crippen LogP contribution is -2.73. The van der Waals surface area contributed by atoms with Crippen LogP contribution in [-0.2, 0) is 0 Å². The minimum atomic E-state index is -2.13. The minimum absolute atomic E-state index is 0.472. The van der Waals surface area contributed by atoms with Crippen molar-refractivity contribution in [1.82, 2.24) is 4.98 Å². The van der Waals surface area contributed by atoms with Crippen LogP contribution in [0.5, 0.6) is 0 Å². The van der Waals surface area contributed by atoms with Crippen LogP contribution in [0.4, 0.5) is 0 Å². The van der Waals surface area contributed by atoms with Crippen LogP contribution in [0.1, 0.15) is 32.1 Å². The molecule has 1 N–H and O–H groups in total. The Bertz CT molecular complexity index is 678. The van der Waals surface area contributed by atoms with Crippen molar-refractivity contribution in [2.45, 2.75) is 43.7 Å². The van der Waals surface area contributed by atoms with Crippen molar-refractivity contribution >= 4 is 18.6 Å². The van der Waals surface area contributed by atoms with Crippen molar-refractivity contribution in [2.75, 3.05) is 0 Å². The molecule has 25 heavy (non-hydrogen) atoms. The molecule has 2 aliphatic rings.